The first-order valence-corrected chi connectivity index (χ1v) is 7.35. The molecule has 0 saturated carbocycles. The maximum atomic E-state index is 11.9. The Hall–Kier alpha value is -1.44. The number of esters is 1. The van der Waals surface area contributed by atoms with Crippen LogP contribution in [-0.2, 0) is 4.74 Å². The minimum Gasteiger partial charge on any atom is -0.462 e. The molecule has 1 rings (SSSR count). The quantitative estimate of drug-likeness (QED) is 0.475. The van der Waals surface area contributed by atoms with Crippen molar-refractivity contribution < 1.29 is 9.53 Å². The summed E-state index contributed by atoms with van der Waals surface area (Å²) in [6.45, 7) is 4.03. The van der Waals surface area contributed by atoms with E-state index in [4.69, 9.17) is 38.9 Å². The van der Waals surface area contributed by atoms with Gasteiger partial charge in [-0.15, -0.1) is 0 Å². The van der Waals surface area contributed by atoms with E-state index in [1.54, 1.807) is 0 Å². The Morgan fingerprint density at radius 1 is 1.38 bits per heavy atom. The fourth-order valence-corrected chi connectivity index (χ4v) is 2.14. The number of nitrogens with two attached hydrogens (primary N) is 1. The molecule has 0 atom stereocenters. The van der Waals surface area contributed by atoms with Crippen LogP contribution in [0.4, 0.5) is 5.69 Å². The van der Waals surface area contributed by atoms with Gasteiger partial charge in [-0.25, -0.2) is 4.79 Å². The van der Waals surface area contributed by atoms with E-state index in [1.165, 1.54) is 12.1 Å². The van der Waals surface area contributed by atoms with Gasteiger partial charge in [-0.1, -0.05) is 23.2 Å². The number of nitrogen functional groups attached to an aromatic ring is 1. The summed E-state index contributed by atoms with van der Waals surface area (Å²) in [5.74, 6) is -0.547. The van der Waals surface area contributed by atoms with E-state index in [2.05, 4.69) is 6.07 Å². The molecule has 0 unspecified atom stereocenters. The first-order chi connectivity index (χ1) is 9.76. The van der Waals surface area contributed by atoms with E-state index in [9.17, 15) is 4.79 Å². The van der Waals surface area contributed by atoms with Crippen molar-refractivity contribution in [3.05, 3.63) is 27.7 Å². The van der Waals surface area contributed by atoms with Gasteiger partial charge in [0.1, 0.15) is 0 Å². The van der Waals surface area contributed by atoms with Crippen molar-refractivity contribution in [3.8, 4) is 6.07 Å². The Labute approximate surface area is 134 Å². The van der Waals surface area contributed by atoms with Crippen LogP contribution in [-0.4, -0.2) is 12.6 Å². The SMILES string of the molecule is CC(C)(C#N)CCCCOC(=O)c1cc(N)cc(Cl)c1Cl. The Morgan fingerprint density at radius 3 is 2.67 bits per heavy atom. The number of hydrogen-bond donors (Lipinski definition) is 1. The lowest BCUT2D eigenvalue weighted by Crippen LogP contribution is -2.10. The summed E-state index contributed by atoms with van der Waals surface area (Å²) >= 11 is 11.8. The number of nitrogens with zero attached hydrogens (tertiary/aromatic N) is 1. The number of carbonyl (C=O) groups excluding carboxylic acids is 1. The van der Waals surface area contributed by atoms with Gasteiger partial charge in [0, 0.05) is 5.69 Å². The molecular weight excluding hydrogens is 311 g/mol. The van der Waals surface area contributed by atoms with Crippen LogP contribution in [0.25, 0.3) is 0 Å². The Balaban J connectivity index is 2.47. The molecule has 0 aliphatic rings. The molecule has 1 aromatic carbocycles. The molecule has 0 saturated heterocycles. The number of ether oxygens (including phenoxy) is 1. The van der Waals surface area contributed by atoms with Crippen molar-refractivity contribution >= 4 is 34.9 Å². The van der Waals surface area contributed by atoms with E-state index >= 15 is 0 Å². The average Bonchev–Trinajstić information content (AvgIpc) is 2.42. The largest absolute Gasteiger partial charge is 0.462 e. The Bertz CT molecular complexity index is 566. The minimum absolute atomic E-state index is 0.140. The zero-order valence-electron chi connectivity index (χ0n) is 12.1. The van der Waals surface area contributed by atoms with Gasteiger partial charge < -0.3 is 10.5 Å². The first kappa shape index (κ1) is 17.6. The third kappa shape index (κ3) is 5.45. The highest BCUT2D eigenvalue weighted by molar-refractivity contribution is 6.44. The summed E-state index contributed by atoms with van der Waals surface area (Å²) in [5.41, 5.74) is 5.79. The summed E-state index contributed by atoms with van der Waals surface area (Å²) in [6.07, 6.45) is 2.25. The molecular formula is C15H18Cl2N2O2. The Kier molecular flexibility index (Phi) is 6.32. The molecule has 4 nitrogen and oxygen atoms in total. The molecule has 0 spiro atoms. The van der Waals surface area contributed by atoms with Gasteiger partial charge in [0.2, 0.25) is 0 Å². The molecule has 114 valence electrons. The summed E-state index contributed by atoms with van der Waals surface area (Å²) in [6, 6.07) is 5.15. The summed E-state index contributed by atoms with van der Waals surface area (Å²) in [7, 11) is 0. The number of halogens is 2. The van der Waals surface area contributed by atoms with Gasteiger partial charge >= 0.3 is 5.97 Å². The van der Waals surface area contributed by atoms with Crippen LogP contribution >= 0.6 is 23.2 Å². The van der Waals surface area contributed by atoms with Gasteiger partial charge in [-0.2, -0.15) is 5.26 Å². The van der Waals surface area contributed by atoms with Crippen molar-refractivity contribution in [1.82, 2.24) is 0 Å². The fourth-order valence-electron chi connectivity index (χ4n) is 1.73. The number of anilines is 1. The molecule has 6 heteroatoms. The van der Waals surface area contributed by atoms with Gasteiger partial charge in [0.25, 0.3) is 0 Å². The van der Waals surface area contributed by atoms with Crippen LogP contribution in [0.15, 0.2) is 12.1 Å². The summed E-state index contributed by atoms with van der Waals surface area (Å²) in [4.78, 5) is 11.9. The first-order valence-electron chi connectivity index (χ1n) is 6.60. The fraction of sp³-hybridized carbons (Fsp3) is 0.467. The van der Waals surface area contributed by atoms with Gasteiger partial charge in [-0.05, 0) is 45.2 Å². The summed E-state index contributed by atoms with van der Waals surface area (Å²) < 4.78 is 5.15. The molecule has 0 aliphatic heterocycles. The van der Waals surface area contributed by atoms with Crippen LogP contribution in [0, 0.1) is 16.7 Å². The van der Waals surface area contributed by atoms with Crippen LogP contribution in [0.3, 0.4) is 0 Å². The monoisotopic (exact) mass is 328 g/mol. The van der Waals surface area contributed by atoms with E-state index in [0.717, 1.165) is 12.8 Å². The normalized spacial score (nSPS) is 11.0. The predicted molar refractivity (Wildman–Crippen MR) is 84.4 cm³/mol. The molecule has 0 fully saturated rings. The van der Waals surface area contributed by atoms with Crippen molar-refractivity contribution in [2.45, 2.75) is 33.1 Å². The van der Waals surface area contributed by atoms with Gasteiger partial charge in [0.05, 0.1) is 33.7 Å². The average molecular weight is 329 g/mol. The van der Waals surface area contributed by atoms with E-state index < -0.39 is 5.97 Å². The van der Waals surface area contributed by atoms with Crippen LogP contribution in [0.1, 0.15) is 43.5 Å². The third-order valence-electron chi connectivity index (χ3n) is 3.00. The number of benzene rings is 1. The number of unbranched alkanes of at least 4 members (excludes halogenated alkanes) is 1. The predicted octanol–water partition coefficient (Wildman–Crippen LogP) is 4.45. The smallest absolute Gasteiger partial charge is 0.339 e. The zero-order chi connectivity index (χ0) is 16.0. The highest BCUT2D eigenvalue weighted by Gasteiger charge is 2.17. The van der Waals surface area contributed by atoms with Crippen molar-refractivity contribution in [1.29, 1.82) is 5.26 Å². The molecule has 0 bridgehead atoms. The molecule has 21 heavy (non-hydrogen) atoms. The molecule has 0 heterocycles. The second kappa shape index (κ2) is 7.53. The number of hydrogen-bond acceptors (Lipinski definition) is 4. The van der Waals surface area contributed by atoms with Crippen LogP contribution < -0.4 is 5.73 Å². The number of rotatable bonds is 6. The van der Waals surface area contributed by atoms with Gasteiger partial charge in [0.15, 0.2) is 0 Å². The van der Waals surface area contributed by atoms with Crippen LogP contribution in [0.2, 0.25) is 10.0 Å². The van der Waals surface area contributed by atoms with Crippen molar-refractivity contribution in [3.63, 3.8) is 0 Å². The molecule has 0 aliphatic carbocycles. The molecule has 0 radical (unpaired) electrons. The van der Waals surface area contributed by atoms with Crippen LogP contribution in [0.5, 0.6) is 0 Å². The standard InChI is InChI=1S/C15H18Cl2N2O2/c1-15(2,9-18)5-3-4-6-21-14(20)11-7-10(19)8-12(16)13(11)17/h7-8H,3-6,19H2,1-2H3. The van der Waals surface area contributed by atoms with E-state index in [-0.39, 0.29) is 27.6 Å². The topological polar surface area (TPSA) is 76.1 Å². The van der Waals surface area contributed by atoms with E-state index in [0.29, 0.717) is 12.1 Å². The zero-order valence-corrected chi connectivity index (χ0v) is 13.6. The molecule has 1 aromatic rings. The molecule has 0 amide bonds. The minimum atomic E-state index is -0.547. The number of nitriles is 1. The second-order valence-corrected chi connectivity index (χ2v) is 6.24. The Morgan fingerprint density at radius 2 is 2.05 bits per heavy atom. The lowest BCUT2D eigenvalue weighted by molar-refractivity contribution is 0.0496. The summed E-state index contributed by atoms with van der Waals surface area (Å²) in [5, 5.41) is 9.26. The number of carbonyl (C=O) groups is 1. The third-order valence-corrected chi connectivity index (χ3v) is 3.80. The molecule has 2 N–H and O–H groups in total. The van der Waals surface area contributed by atoms with E-state index in [1.807, 2.05) is 13.8 Å². The lowest BCUT2D eigenvalue weighted by atomic mass is 9.89. The highest BCUT2D eigenvalue weighted by atomic mass is 35.5. The maximum absolute atomic E-state index is 11.9. The highest BCUT2D eigenvalue weighted by Crippen LogP contribution is 2.29. The molecule has 0 aromatic heterocycles. The maximum Gasteiger partial charge on any atom is 0.339 e. The van der Waals surface area contributed by atoms with Gasteiger partial charge in [-0.3, -0.25) is 0 Å². The second-order valence-electron chi connectivity index (χ2n) is 5.45. The van der Waals surface area contributed by atoms with Crippen molar-refractivity contribution in [2.75, 3.05) is 12.3 Å². The lowest BCUT2D eigenvalue weighted by Gasteiger charge is -2.14. The van der Waals surface area contributed by atoms with Crippen molar-refractivity contribution in [2.24, 2.45) is 5.41 Å².